The average Bonchev–Trinajstić information content (AvgIpc) is 1.59. The van der Waals surface area contributed by atoms with Gasteiger partial charge in [0.15, 0.2) is 0 Å². The van der Waals surface area contributed by atoms with E-state index in [0.717, 1.165) is 11.0 Å². The van der Waals surface area contributed by atoms with E-state index in [-0.39, 0.29) is 24.0 Å². The number of hydrogen-bond donors (Lipinski definition) is 1. The van der Waals surface area contributed by atoms with Crippen LogP contribution in [0, 0.1) is 0 Å². The first kappa shape index (κ1) is 11.9. The van der Waals surface area contributed by atoms with Gasteiger partial charge in [-0.3, -0.25) is 0 Å². The predicted octanol–water partition coefficient (Wildman–Crippen LogP) is -2.84. The fraction of sp³-hybridized carbons (Fsp3) is 0.800. The summed E-state index contributed by atoms with van der Waals surface area (Å²) in [5.74, 6) is 0. The number of halogens is 1. The lowest BCUT2D eigenvalue weighted by atomic mass is 10.5. The summed E-state index contributed by atoms with van der Waals surface area (Å²) in [6.07, 6.45) is 1.49. The highest BCUT2D eigenvalue weighted by Gasteiger charge is 2.01. The SMILES string of the molecule is C[N+](C)(C)CC=NO.[I-]. The molecule has 1 N–H and O–H groups in total. The van der Waals surface area contributed by atoms with Crippen molar-refractivity contribution in [3.63, 3.8) is 0 Å². The Labute approximate surface area is 73.0 Å². The molecule has 0 atom stereocenters. The zero-order chi connectivity index (χ0) is 6.62. The summed E-state index contributed by atoms with van der Waals surface area (Å²) < 4.78 is 0.796. The van der Waals surface area contributed by atoms with Crippen molar-refractivity contribution in [1.82, 2.24) is 0 Å². The van der Waals surface area contributed by atoms with Crippen LogP contribution in [0.2, 0.25) is 0 Å². The lowest BCUT2D eigenvalue weighted by molar-refractivity contribution is -0.860. The summed E-state index contributed by atoms with van der Waals surface area (Å²) in [6, 6.07) is 0. The maximum Gasteiger partial charge on any atom is 0.117 e. The molecule has 0 amide bonds. The van der Waals surface area contributed by atoms with E-state index >= 15 is 0 Å². The van der Waals surface area contributed by atoms with Crippen LogP contribution >= 0.6 is 0 Å². The van der Waals surface area contributed by atoms with Crippen molar-refractivity contribution in [2.75, 3.05) is 27.7 Å². The first-order chi connectivity index (χ1) is 3.56. The molecule has 0 aliphatic carbocycles. The fourth-order valence-corrected chi connectivity index (χ4v) is 0.281. The second kappa shape index (κ2) is 4.99. The number of nitrogens with zero attached hydrogens (tertiary/aromatic N) is 2. The van der Waals surface area contributed by atoms with Crippen molar-refractivity contribution in [1.29, 1.82) is 0 Å². The summed E-state index contributed by atoms with van der Waals surface area (Å²) in [4.78, 5) is 0. The van der Waals surface area contributed by atoms with Gasteiger partial charge in [-0.15, -0.1) is 0 Å². The molecule has 0 aromatic rings. The minimum atomic E-state index is 0. The van der Waals surface area contributed by atoms with Crippen LogP contribution in [-0.4, -0.2) is 43.6 Å². The molecule has 9 heavy (non-hydrogen) atoms. The van der Waals surface area contributed by atoms with Gasteiger partial charge in [-0.1, -0.05) is 5.16 Å². The third kappa shape index (κ3) is 11.6. The lowest BCUT2D eigenvalue weighted by Crippen LogP contribution is -3.00. The van der Waals surface area contributed by atoms with Crippen LogP contribution in [0.3, 0.4) is 0 Å². The summed E-state index contributed by atoms with van der Waals surface area (Å²) in [5, 5.41) is 10.9. The Kier molecular flexibility index (Phi) is 6.59. The van der Waals surface area contributed by atoms with Crippen molar-refractivity contribution < 1.29 is 33.7 Å². The Hall–Kier alpha value is 0.160. The second-order valence-corrected chi connectivity index (χ2v) is 2.77. The van der Waals surface area contributed by atoms with Crippen LogP contribution in [0.4, 0.5) is 0 Å². The molecule has 0 fully saturated rings. The topological polar surface area (TPSA) is 32.6 Å². The van der Waals surface area contributed by atoms with Crippen LogP contribution in [0.25, 0.3) is 0 Å². The number of hydrogen-bond acceptors (Lipinski definition) is 2. The Morgan fingerprint density at radius 2 is 1.89 bits per heavy atom. The van der Waals surface area contributed by atoms with E-state index in [1.807, 2.05) is 21.1 Å². The van der Waals surface area contributed by atoms with E-state index in [0.29, 0.717) is 0 Å². The normalized spacial score (nSPS) is 11.4. The summed E-state index contributed by atoms with van der Waals surface area (Å²) in [7, 11) is 6.09. The molecule has 4 heteroatoms. The van der Waals surface area contributed by atoms with Gasteiger partial charge in [-0.2, -0.15) is 0 Å². The predicted molar refractivity (Wildman–Crippen MR) is 33.2 cm³/mol. The van der Waals surface area contributed by atoms with E-state index in [4.69, 9.17) is 5.21 Å². The number of rotatable bonds is 2. The molecule has 0 saturated carbocycles. The van der Waals surface area contributed by atoms with Gasteiger partial charge >= 0.3 is 0 Å². The average molecular weight is 244 g/mol. The zero-order valence-electron chi connectivity index (χ0n) is 6.00. The quantitative estimate of drug-likeness (QED) is 0.183. The molecular weight excluding hydrogens is 231 g/mol. The molecule has 0 rings (SSSR count). The third-order valence-electron chi connectivity index (χ3n) is 0.711. The van der Waals surface area contributed by atoms with E-state index < -0.39 is 0 Å². The largest absolute Gasteiger partial charge is 1.00 e. The van der Waals surface area contributed by atoms with E-state index in [1.54, 1.807) is 0 Å². The summed E-state index contributed by atoms with van der Waals surface area (Å²) >= 11 is 0. The van der Waals surface area contributed by atoms with Gasteiger partial charge in [-0.05, 0) is 0 Å². The molecule has 56 valence electrons. The molecule has 0 unspecified atom stereocenters. The third-order valence-corrected chi connectivity index (χ3v) is 0.711. The van der Waals surface area contributed by atoms with Crippen molar-refractivity contribution in [2.24, 2.45) is 5.16 Å². The molecule has 0 aromatic heterocycles. The Morgan fingerprint density at radius 3 is 2.00 bits per heavy atom. The van der Waals surface area contributed by atoms with Gasteiger partial charge in [0.2, 0.25) is 0 Å². The molecule has 0 saturated heterocycles. The molecule has 0 bridgehead atoms. The molecule has 0 spiro atoms. The second-order valence-electron chi connectivity index (χ2n) is 2.77. The standard InChI is InChI=1S/C5H12N2O.HI/c1-7(2,3)5-4-6-8;/h4H,5H2,1-3H3;1H. The van der Waals surface area contributed by atoms with Crippen molar-refractivity contribution >= 4 is 6.21 Å². The minimum Gasteiger partial charge on any atom is -1.00 e. The monoisotopic (exact) mass is 244 g/mol. The maximum atomic E-state index is 7.99. The molecule has 3 nitrogen and oxygen atoms in total. The van der Waals surface area contributed by atoms with Crippen LogP contribution in [-0.2, 0) is 0 Å². The van der Waals surface area contributed by atoms with Crippen molar-refractivity contribution in [3.05, 3.63) is 0 Å². The fourth-order valence-electron chi connectivity index (χ4n) is 0.281. The van der Waals surface area contributed by atoms with Crippen LogP contribution < -0.4 is 24.0 Å². The Bertz CT molecular complexity index is 87.4. The number of oxime groups is 1. The lowest BCUT2D eigenvalue weighted by Gasteiger charge is -2.20. The van der Waals surface area contributed by atoms with Gasteiger partial charge in [0.25, 0.3) is 0 Å². The minimum absolute atomic E-state index is 0. The van der Waals surface area contributed by atoms with Crippen molar-refractivity contribution in [3.8, 4) is 0 Å². The molecule has 0 radical (unpaired) electrons. The summed E-state index contributed by atoms with van der Waals surface area (Å²) in [5.41, 5.74) is 0. The van der Waals surface area contributed by atoms with Crippen molar-refractivity contribution in [2.45, 2.75) is 0 Å². The van der Waals surface area contributed by atoms with Gasteiger partial charge in [-0.25, -0.2) is 0 Å². The maximum absolute atomic E-state index is 7.99. The number of quaternary nitrogens is 1. The van der Waals surface area contributed by atoms with Gasteiger partial charge in [0, 0.05) is 0 Å². The molecule has 0 aromatic carbocycles. The highest BCUT2D eigenvalue weighted by molar-refractivity contribution is 5.57. The highest BCUT2D eigenvalue weighted by atomic mass is 127. The van der Waals surface area contributed by atoms with Crippen LogP contribution in [0.15, 0.2) is 5.16 Å². The van der Waals surface area contributed by atoms with Crippen LogP contribution in [0.1, 0.15) is 0 Å². The van der Waals surface area contributed by atoms with Gasteiger partial charge < -0.3 is 33.7 Å². The van der Waals surface area contributed by atoms with E-state index in [9.17, 15) is 0 Å². The molecule has 0 heterocycles. The Balaban J connectivity index is 0. The molecule has 0 aliphatic rings. The first-order valence-electron chi connectivity index (χ1n) is 2.52. The Morgan fingerprint density at radius 1 is 1.44 bits per heavy atom. The first-order valence-corrected chi connectivity index (χ1v) is 2.52. The smallest absolute Gasteiger partial charge is 0.117 e. The van der Waals surface area contributed by atoms with E-state index in [1.165, 1.54) is 6.21 Å². The zero-order valence-corrected chi connectivity index (χ0v) is 8.16. The van der Waals surface area contributed by atoms with Crippen LogP contribution in [0.5, 0.6) is 0 Å². The van der Waals surface area contributed by atoms with Gasteiger partial charge in [0.1, 0.15) is 6.54 Å². The summed E-state index contributed by atoms with van der Waals surface area (Å²) in [6.45, 7) is 0.760. The van der Waals surface area contributed by atoms with Gasteiger partial charge in [0.05, 0.1) is 27.4 Å². The molecular formula is C5H13IN2O. The highest BCUT2D eigenvalue weighted by Crippen LogP contribution is 1.83. The molecule has 0 aliphatic heterocycles. The van der Waals surface area contributed by atoms with E-state index in [2.05, 4.69) is 5.16 Å².